The van der Waals surface area contributed by atoms with Crippen molar-refractivity contribution < 1.29 is 9.21 Å². The molecular weight excluding hydrogens is 252 g/mol. The summed E-state index contributed by atoms with van der Waals surface area (Å²) in [7, 11) is 0. The van der Waals surface area contributed by atoms with E-state index in [1.807, 2.05) is 32.0 Å². The highest BCUT2D eigenvalue weighted by Crippen LogP contribution is 2.25. The molecule has 1 aromatic heterocycles. The van der Waals surface area contributed by atoms with Crippen LogP contribution in [0.5, 0.6) is 0 Å². The van der Waals surface area contributed by atoms with Crippen molar-refractivity contribution in [3.8, 4) is 0 Å². The summed E-state index contributed by atoms with van der Waals surface area (Å²) < 4.78 is 5.49. The highest BCUT2D eigenvalue weighted by atomic mass is 35.5. The van der Waals surface area contributed by atoms with E-state index in [2.05, 4.69) is 10.3 Å². The van der Waals surface area contributed by atoms with Crippen LogP contribution >= 0.6 is 11.6 Å². The number of rotatable bonds is 3. The number of carbonyl (C=O) groups is 1. The Bertz CT molecular complexity index is 590. The molecule has 0 fully saturated rings. The summed E-state index contributed by atoms with van der Waals surface area (Å²) in [5.41, 5.74) is 1.99. The number of benzene rings is 1. The molecule has 0 radical (unpaired) electrons. The van der Waals surface area contributed by atoms with Gasteiger partial charge in [0.25, 0.3) is 0 Å². The molecule has 0 aliphatic heterocycles. The number of nitrogens with zero attached hydrogens (tertiary/aromatic N) is 1. The summed E-state index contributed by atoms with van der Waals surface area (Å²) in [6, 6.07) is 5.71. The Labute approximate surface area is 110 Å². The number of alkyl halides is 1. The van der Waals surface area contributed by atoms with Crippen molar-refractivity contribution in [1.29, 1.82) is 0 Å². The topological polar surface area (TPSA) is 55.1 Å². The highest BCUT2D eigenvalue weighted by Gasteiger charge is 2.23. The molecule has 1 N–H and O–H groups in total. The molecule has 0 bridgehead atoms. The number of fused-ring (bicyclic) bond motifs is 1. The molecule has 2 aromatic rings. The lowest BCUT2D eigenvalue weighted by molar-refractivity contribution is -0.120. The second-order valence-electron chi connectivity index (χ2n) is 4.72. The minimum atomic E-state index is -0.499. The summed E-state index contributed by atoms with van der Waals surface area (Å²) in [6.45, 7) is 5.64. The van der Waals surface area contributed by atoms with Crippen molar-refractivity contribution in [3.05, 3.63) is 29.7 Å². The zero-order chi connectivity index (χ0) is 13.3. The molecule has 18 heavy (non-hydrogen) atoms. The van der Waals surface area contributed by atoms with Crippen molar-refractivity contribution >= 4 is 28.6 Å². The fraction of sp³-hybridized carbons (Fsp3) is 0.385. The van der Waals surface area contributed by atoms with Crippen LogP contribution in [0.15, 0.2) is 22.6 Å². The Morgan fingerprint density at radius 2 is 2.22 bits per heavy atom. The van der Waals surface area contributed by atoms with Crippen LogP contribution in [0.2, 0.25) is 0 Å². The van der Waals surface area contributed by atoms with E-state index in [0.29, 0.717) is 5.89 Å². The van der Waals surface area contributed by atoms with Gasteiger partial charge in [-0.1, -0.05) is 6.07 Å². The zero-order valence-electron chi connectivity index (χ0n) is 10.6. The van der Waals surface area contributed by atoms with Gasteiger partial charge in [-0.15, -0.1) is 11.6 Å². The molecule has 4 nitrogen and oxygen atoms in total. The van der Waals surface area contributed by atoms with Gasteiger partial charge in [-0.25, -0.2) is 4.98 Å². The normalized spacial score (nSPS) is 11.8. The quantitative estimate of drug-likeness (QED) is 0.869. The predicted octanol–water partition coefficient (Wildman–Crippen LogP) is 2.73. The fourth-order valence-corrected chi connectivity index (χ4v) is 1.95. The van der Waals surface area contributed by atoms with Gasteiger partial charge in [-0.3, -0.25) is 4.79 Å². The first-order chi connectivity index (χ1) is 8.42. The van der Waals surface area contributed by atoms with Crippen LogP contribution in [-0.2, 0) is 10.3 Å². The van der Waals surface area contributed by atoms with Gasteiger partial charge >= 0.3 is 0 Å². The molecule has 1 heterocycles. The van der Waals surface area contributed by atoms with Crippen LogP contribution in [0.4, 0.5) is 0 Å². The summed E-state index contributed by atoms with van der Waals surface area (Å²) in [5, 5.41) is 2.86. The number of halogens is 1. The average Bonchev–Trinajstić information content (AvgIpc) is 2.67. The first-order valence-corrected chi connectivity index (χ1v) is 6.20. The maximum atomic E-state index is 11.4. The first kappa shape index (κ1) is 12.9. The molecular formula is C13H15ClN2O2. The number of amides is 1. The second-order valence-corrected chi connectivity index (χ2v) is 4.99. The van der Waals surface area contributed by atoms with Gasteiger partial charge in [0, 0.05) is 6.92 Å². The molecule has 1 amide bonds. The van der Waals surface area contributed by atoms with E-state index in [-0.39, 0.29) is 11.8 Å². The number of nitrogens with one attached hydrogen (secondary N) is 1. The average molecular weight is 267 g/mol. The van der Waals surface area contributed by atoms with E-state index in [9.17, 15) is 4.79 Å². The lowest BCUT2D eigenvalue weighted by atomic mass is 9.94. The number of hydrogen-bond acceptors (Lipinski definition) is 3. The predicted molar refractivity (Wildman–Crippen MR) is 70.6 cm³/mol. The van der Waals surface area contributed by atoms with Crippen molar-refractivity contribution in [1.82, 2.24) is 10.3 Å². The minimum Gasteiger partial charge on any atom is -0.441 e. The maximum absolute atomic E-state index is 11.4. The standard InChI is InChI=1S/C13H15ClN2O2/c1-8-15-10-5-4-9(6-11(10)18-8)13(2,3)16-12(17)7-14/h4-6H,7H2,1-3H3,(H,16,17). The number of oxazole rings is 1. The second kappa shape index (κ2) is 4.61. The van der Waals surface area contributed by atoms with E-state index in [1.54, 1.807) is 6.92 Å². The van der Waals surface area contributed by atoms with Gasteiger partial charge in [0.15, 0.2) is 11.5 Å². The molecule has 0 aliphatic rings. The van der Waals surface area contributed by atoms with Crippen molar-refractivity contribution in [2.45, 2.75) is 26.3 Å². The molecule has 0 spiro atoms. The minimum absolute atomic E-state index is 0.0485. The third-order valence-corrected chi connectivity index (χ3v) is 3.03. The molecule has 2 rings (SSSR count). The Morgan fingerprint density at radius 3 is 2.89 bits per heavy atom. The molecule has 5 heteroatoms. The molecule has 96 valence electrons. The molecule has 0 aliphatic carbocycles. The smallest absolute Gasteiger partial charge is 0.235 e. The maximum Gasteiger partial charge on any atom is 0.235 e. The Morgan fingerprint density at radius 1 is 1.50 bits per heavy atom. The summed E-state index contributed by atoms with van der Waals surface area (Å²) in [5.74, 6) is 0.382. The van der Waals surface area contributed by atoms with Gasteiger partial charge in [-0.05, 0) is 31.5 Å². The summed E-state index contributed by atoms with van der Waals surface area (Å²) in [4.78, 5) is 15.6. The van der Waals surface area contributed by atoms with Gasteiger partial charge in [0.05, 0.1) is 5.54 Å². The van der Waals surface area contributed by atoms with E-state index < -0.39 is 5.54 Å². The number of carbonyl (C=O) groups excluding carboxylic acids is 1. The van der Waals surface area contributed by atoms with Crippen molar-refractivity contribution in [3.63, 3.8) is 0 Å². The summed E-state index contributed by atoms with van der Waals surface area (Å²) >= 11 is 5.50. The van der Waals surface area contributed by atoms with E-state index >= 15 is 0 Å². The van der Waals surface area contributed by atoms with Crippen LogP contribution in [0, 0.1) is 6.92 Å². The lowest BCUT2D eigenvalue weighted by Crippen LogP contribution is -2.41. The fourth-order valence-electron chi connectivity index (χ4n) is 1.88. The van der Waals surface area contributed by atoms with Crippen molar-refractivity contribution in [2.75, 3.05) is 5.88 Å². The van der Waals surface area contributed by atoms with Crippen LogP contribution in [0.1, 0.15) is 25.3 Å². The Kier molecular flexibility index (Phi) is 3.30. The first-order valence-electron chi connectivity index (χ1n) is 5.67. The number of hydrogen-bond donors (Lipinski definition) is 1. The highest BCUT2D eigenvalue weighted by molar-refractivity contribution is 6.27. The van der Waals surface area contributed by atoms with Crippen LogP contribution in [0.25, 0.3) is 11.1 Å². The summed E-state index contributed by atoms with van der Waals surface area (Å²) in [6.07, 6.45) is 0. The molecule has 0 saturated carbocycles. The molecule has 0 saturated heterocycles. The van der Waals surface area contributed by atoms with Gasteiger partial charge in [0.1, 0.15) is 11.4 Å². The molecule has 0 unspecified atom stereocenters. The van der Waals surface area contributed by atoms with Gasteiger partial charge in [0.2, 0.25) is 5.91 Å². The monoisotopic (exact) mass is 266 g/mol. The van der Waals surface area contributed by atoms with Crippen LogP contribution in [-0.4, -0.2) is 16.8 Å². The van der Waals surface area contributed by atoms with Crippen molar-refractivity contribution in [2.24, 2.45) is 0 Å². The SMILES string of the molecule is Cc1nc2ccc(C(C)(C)NC(=O)CCl)cc2o1. The largest absolute Gasteiger partial charge is 0.441 e. The van der Waals surface area contributed by atoms with Gasteiger partial charge < -0.3 is 9.73 Å². The number of aryl methyl sites for hydroxylation is 1. The van der Waals surface area contributed by atoms with Crippen LogP contribution < -0.4 is 5.32 Å². The van der Waals surface area contributed by atoms with E-state index in [1.165, 1.54) is 0 Å². The van der Waals surface area contributed by atoms with Gasteiger partial charge in [-0.2, -0.15) is 0 Å². The number of aromatic nitrogens is 1. The third kappa shape index (κ3) is 2.48. The van der Waals surface area contributed by atoms with E-state index in [4.69, 9.17) is 16.0 Å². The van der Waals surface area contributed by atoms with Crippen LogP contribution in [0.3, 0.4) is 0 Å². The Hall–Kier alpha value is -1.55. The molecule has 1 aromatic carbocycles. The molecule has 0 atom stereocenters. The zero-order valence-corrected chi connectivity index (χ0v) is 11.3. The third-order valence-electron chi connectivity index (χ3n) is 2.79. The van der Waals surface area contributed by atoms with E-state index in [0.717, 1.165) is 16.7 Å². The lowest BCUT2D eigenvalue weighted by Gasteiger charge is -2.26. The Balaban J connectivity index is 2.37.